The molecule has 1 heterocycles. The van der Waals surface area contributed by atoms with Crippen LogP contribution in [0.5, 0.6) is 0 Å². The van der Waals surface area contributed by atoms with E-state index in [-0.39, 0.29) is 10.6 Å². The first-order valence-corrected chi connectivity index (χ1v) is 2.53. The number of carbonyl (C=O) groups is 1. The van der Waals surface area contributed by atoms with E-state index in [2.05, 4.69) is 21.6 Å². The Balaban J connectivity index is 3.12. The highest BCUT2D eigenvalue weighted by molar-refractivity contribution is 7.71. The van der Waals surface area contributed by atoms with Gasteiger partial charge in [-0.05, 0) is 12.2 Å². The topological polar surface area (TPSA) is 66.2 Å². The summed E-state index contributed by atoms with van der Waals surface area (Å²) in [5, 5.41) is 8.24. The third kappa shape index (κ3) is 1.17. The average Bonchev–Trinajstić information content (AvgIpc) is 2.14. The van der Waals surface area contributed by atoms with Crippen molar-refractivity contribution in [2.24, 2.45) is 0 Å². The molecule has 1 aromatic heterocycles. The minimum Gasteiger partial charge on any atom is -0.475 e. The SMILES string of the molecule is O=C(O)c1c[nH]c(=S)o1. The van der Waals surface area contributed by atoms with Gasteiger partial charge in [0.1, 0.15) is 0 Å². The average molecular weight is 145 g/mol. The van der Waals surface area contributed by atoms with Crippen molar-refractivity contribution in [3.8, 4) is 0 Å². The van der Waals surface area contributed by atoms with E-state index in [1.54, 1.807) is 0 Å². The third-order valence-corrected chi connectivity index (χ3v) is 0.936. The molecule has 4 nitrogen and oxygen atoms in total. The first-order chi connectivity index (χ1) is 4.20. The molecule has 0 aliphatic rings. The van der Waals surface area contributed by atoms with Crippen molar-refractivity contribution in [2.45, 2.75) is 0 Å². The maximum Gasteiger partial charge on any atom is 0.373 e. The smallest absolute Gasteiger partial charge is 0.373 e. The minimum atomic E-state index is -1.12. The van der Waals surface area contributed by atoms with Crippen LogP contribution in [0.4, 0.5) is 0 Å². The van der Waals surface area contributed by atoms with Crippen molar-refractivity contribution in [3.05, 3.63) is 16.8 Å². The first kappa shape index (κ1) is 6.03. The standard InChI is InChI=1S/C4H3NO3S/c6-3(7)2-1-5-4(9)8-2/h1H,(H,5,9)(H,6,7). The summed E-state index contributed by atoms with van der Waals surface area (Å²) in [5.74, 6) is -1.29. The number of oxazole rings is 1. The number of carboxylic acid groups (broad SMARTS) is 1. The molecule has 0 unspecified atom stereocenters. The van der Waals surface area contributed by atoms with Crippen molar-refractivity contribution < 1.29 is 14.3 Å². The van der Waals surface area contributed by atoms with Crippen LogP contribution in [-0.4, -0.2) is 16.1 Å². The molecule has 9 heavy (non-hydrogen) atoms. The predicted octanol–water partition coefficient (Wildman–Crippen LogP) is 1.04. The van der Waals surface area contributed by atoms with E-state index in [1.807, 2.05) is 0 Å². The fourth-order valence-electron chi connectivity index (χ4n) is 0.389. The lowest BCUT2D eigenvalue weighted by molar-refractivity contribution is 0.0661. The summed E-state index contributed by atoms with van der Waals surface area (Å²) in [6, 6.07) is 0. The van der Waals surface area contributed by atoms with E-state index in [1.165, 1.54) is 6.20 Å². The molecular formula is C4H3NO3S. The molecule has 0 bridgehead atoms. The van der Waals surface area contributed by atoms with E-state index in [4.69, 9.17) is 5.11 Å². The highest BCUT2D eigenvalue weighted by Gasteiger charge is 2.04. The van der Waals surface area contributed by atoms with Crippen LogP contribution in [0, 0.1) is 4.84 Å². The largest absolute Gasteiger partial charge is 0.475 e. The van der Waals surface area contributed by atoms with Gasteiger partial charge in [0.05, 0.1) is 6.20 Å². The van der Waals surface area contributed by atoms with Crippen LogP contribution in [-0.2, 0) is 0 Å². The Labute approximate surface area is 55.1 Å². The van der Waals surface area contributed by atoms with Crippen molar-refractivity contribution in [1.29, 1.82) is 0 Å². The molecule has 1 aromatic rings. The Hall–Kier alpha value is -1.10. The maximum atomic E-state index is 10.1. The summed E-state index contributed by atoms with van der Waals surface area (Å²) >= 11 is 4.47. The molecule has 0 spiro atoms. The van der Waals surface area contributed by atoms with Crippen LogP contribution in [0.3, 0.4) is 0 Å². The summed E-state index contributed by atoms with van der Waals surface area (Å²) < 4.78 is 4.50. The van der Waals surface area contributed by atoms with Gasteiger partial charge in [-0.25, -0.2) is 4.79 Å². The molecule has 1 rings (SSSR count). The zero-order valence-corrected chi connectivity index (χ0v) is 5.07. The summed E-state index contributed by atoms with van der Waals surface area (Å²) in [7, 11) is 0. The highest BCUT2D eigenvalue weighted by Crippen LogP contribution is 1.96. The van der Waals surface area contributed by atoms with Crippen LogP contribution < -0.4 is 0 Å². The molecule has 0 atom stereocenters. The second kappa shape index (κ2) is 2.02. The number of aromatic amines is 1. The summed E-state index contributed by atoms with van der Waals surface area (Å²) in [6.07, 6.45) is 1.20. The lowest BCUT2D eigenvalue weighted by Crippen LogP contribution is -1.91. The van der Waals surface area contributed by atoms with Gasteiger partial charge in [-0.3, -0.25) is 0 Å². The van der Waals surface area contributed by atoms with Crippen molar-refractivity contribution in [2.75, 3.05) is 0 Å². The van der Waals surface area contributed by atoms with Gasteiger partial charge in [-0.2, -0.15) is 0 Å². The fourth-order valence-corrected chi connectivity index (χ4v) is 0.537. The van der Waals surface area contributed by atoms with Crippen LogP contribution in [0.2, 0.25) is 0 Å². The van der Waals surface area contributed by atoms with Gasteiger partial charge in [0.25, 0.3) is 4.84 Å². The molecule has 5 heteroatoms. The number of hydrogen-bond donors (Lipinski definition) is 2. The van der Waals surface area contributed by atoms with E-state index < -0.39 is 5.97 Å². The Kier molecular flexibility index (Phi) is 1.35. The van der Waals surface area contributed by atoms with Gasteiger partial charge >= 0.3 is 5.97 Å². The number of aromatic nitrogens is 1. The van der Waals surface area contributed by atoms with E-state index in [0.29, 0.717) is 0 Å². The van der Waals surface area contributed by atoms with Crippen LogP contribution in [0.15, 0.2) is 10.6 Å². The number of hydrogen-bond acceptors (Lipinski definition) is 3. The molecule has 0 aliphatic carbocycles. The number of carboxylic acids is 1. The molecule has 0 radical (unpaired) electrons. The molecule has 0 saturated carbocycles. The monoisotopic (exact) mass is 145 g/mol. The lowest BCUT2D eigenvalue weighted by atomic mass is 10.5. The Bertz CT molecular complexity index is 273. The zero-order valence-electron chi connectivity index (χ0n) is 4.25. The van der Waals surface area contributed by atoms with E-state index in [9.17, 15) is 4.79 Å². The Morgan fingerprint density at radius 2 is 2.56 bits per heavy atom. The maximum absolute atomic E-state index is 10.1. The van der Waals surface area contributed by atoms with Gasteiger partial charge in [-0.1, -0.05) is 0 Å². The molecule has 48 valence electrons. The van der Waals surface area contributed by atoms with Crippen LogP contribution >= 0.6 is 12.2 Å². The number of nitrogens with one attached hydrogen (secondary N) is 1. The van der Waals surface area contributed by atoms with Crippen molar-refractivity contribution in [3.63, 3.8) is 0 Å². The molecule has 0 amide bonds. The highest BCUT2D eigenvalue weighted by atomic mass is 32.1. The first-order valence-electron chi connectivity index (χ1n) is 2.12. The Morgan fingerprint density at radius 3 is 2.78 bits per heavy atom. The zero-order chi connectivity index (χ0) is 6.85. The number of H-pyrrole nitrogens is 1. The third-order valence-electron chi connectivity index (χ3n) is 0.735. The summed E-state index contributed by atoms with van der Waals surface area (Å²) in [5.41, 5.74) is 0. The molecule has 0 saturated heterocycles. The number of rotatable bonds is 1. The Morgan fingerprint density at radius 1 is 1.89 bits per heavy atom. The van der Waals surface area contributed by atoms with Gasteiger partial charge < -0.3 is 14.5 Å². The number of aromatic carboxylic acids is 1. The minimum absolute atomic E-state index is 0.0763. The fraction of sp³-hybridized carbons (Fsp3) is 0. The van der Waals surface area contributed by atoms with Gasteiger partial charge in [0.15, 0.2) is 0 Å². The van der Waals surface area contributed by atoms with Crippen molar-refractivity contribution >= 4 is 18.2 Å². The molecule has 0 fully saturated rings. The molecule has 0 aromatic carbocycles. The molecule has 0 aliphatic heterocycles. The van der Waals surface area contributed by atoms with Gasteiger partial charge in [0.2, 0.25) is 5.76 Å². The van der Waals surface area contributed by atoms with Crippen LogP contribution in [0.25, 0.3) is 0 Å². The quantitative estimate of drug-likeness (QED) is 0.579. The second-order valence-electron chi connectivity index (χ2n) is 1.35. The molecule has 2 N–H and O–H groups in total. The predicted molar refractivity (Wildman–Crippen MR) is 30.9 cm³/mol. The van der Waals surface area contributed by atoms with Crippen LogP contribution in [0.1, 0.15) is 10.6 Å². The lowest BCUT2D eigenvalue weighted by Gasteiger charge is -1.77. The normalized spacial score (nSPS) is 9.33. The summed E-state index contributed by atoms with van der Waals surface area (Å²) in [4.78, 5) is 12.5. The second-order valence-corrected chi connectivity index (χ2v) is 1.72. The van der Waals surface area contributed by atoms with E-state index in [0.717, 1.165) is 0 Å². The van der Waals surface area contributed by atoms with Crippen molar-refractivity contribution in [1.82, 2.24) is 4.98 Å². The van der Waals surface area contributed by atoms with Gasteiger partial charge in [-0.15, -0.1) is 0 Å². The molecular weight excluding hydrogens is 142 g/mol. The summed E-state index contributed by atoms with van der Waals surface area (Å²) in [6.45, 7) is 0. The van der Waals surface area contributed by atoms with Gasteiger partial charge in [0, 0.05) is 0 Å². The van der Waals surface area contributed by atoms with E-state index >= 15 is 0 Å².